The summed E-state index contributed by atoms with van der Waals surface area (Å²) < 4.78 is 0. The van der Waals surface area contributed by atoms with Crippen LogP contribution in [0.3, 0.4) is 0 Å². The predicted molar refractivity (Wildman–Crippen MR) is 87.6 cm³/mol. The number of carbonyl (C=O) groups excluding carboxylic acids is 1. The molecule has 0 saturated heterocycles. The number of anilines is 2. The van der Waals surface area contributed by atoms with E-state index in [2.05, 4.69) is 15.6 Å². The van der Waals surface area contributed by atoms with Gasteiger partial charge >= 0.3 is 0 Å². The Kier molecular flexibility index (Phi) is 5.04. The largest absolute Gasteiger partial charge is 0.370 e. The van der Waals surface area contributed by atoms with Crippen molar-refractivity contribution in [3.8, 4) is 0 Å². The van der Waals surface area contributed by atoms with Crippen molar-refractivity contribution in [2.75, 3.05) is 17.2 Å². The Bertz CT molecular complexity index is 657. The van der Waals surface area contributed by atoms with Crippen LogP contribution in [0.5, 0.6) is 0 Å². The number of hydrogen-bond acceptors (Lipinski definition) is 3. The third-order valence-corrected chi connectivity index (χ3v) is 3.60. The fraction of sp³-hybridized carbons (Fsp3) is 0.200. The van der Waals surface area contributed by atoms with Gasteiger partial charge in [-0.3, -0.25) is 4.79 Å². The summed E-state index contributed by atoms with van der Waals surface area (Å²) in [4.78, 5) is 16.3. The van der Waals surface area contributed by atoms with Gasteiger partial charge in [-0.2, -0.15) is 0 Å². The summed E-state index contributed by atoms with van der Waals surface area (Å²) in [7, 11) is 0. The van der Waals surface area contributed by atoms with Gasteiger partial charge in [-0.15, -0.1) is 0 Å². The summed E-state index contributed by atoms with van der Waals surface area (Å²) in [5.41, 5.74) is 1.79. The molecule has 0 atom stereocenters. The van der Waals surface area contributed by atoms with Gasteiger partial charge in [-0.25, -0.2) is 4.98 Å². The summed E-state index contributed by atoms with van der Waals surface area (Å²) in [5.74, 6) is 0.442. The Labute approximate surface area is 133 Å². The number of nitrogens with one attached hydrogen (secondary N) is 2. The zero-order valence-corrected chi connectivity index (χ0v) is 13.2. The number of benzene rings is 1. The van der Waals surface area contributed by atoms with Crippen LogP contribution >= 0.6 is 23.2 Å². The van der Waals surface area contributed by atoms with Gasteiger partial charge in [-0.1, -0.05) is 23.2 Å². The number of hydrogen-bond donors (Lipinski definition) is 2. The number of aryl methyl sites for hydroxylation is 1. The predicted octanol–water partition coefficient (Wildman–Crippen LogP) is 4.38. The zero-order valence-electron chi connectivity index (χ0n) is 11.7. The maximum absolute atomic E-state index is 12.2. The van der Waals surface area contributed by atoms with Crippen LogP contribution in [0.25, 0.3) is 0 Å². The summed E-state index contributed by atoms with van der Waals surface area (Å²) >= 11 is 12.1. The fourth-order valence-corrected chi connectivity index (χ4v) is 2.18. The van der Waals surface area contributed by atoms with Crippen LogP contribution in [-0.2, 0) is 0 Å². The van der Waals surface area contributed by atoms with Crippen molar-refractivity contribution < 1.29 is 4.79 Å². The van der Waals surface area contributed by atoms with Crippen molar-refractivity contribution in [2.24, 2.45) is 0 Å². The molecule has 6 heteroatoms. The first-order valence-corrected chi connectivity index (χ1v) is 7.23. The van der Waals surface area contributed by atoms with Gasteiger partial charge in [-0.05, 0) is 43.7 Å². The Morgan fingerprint density at radius 3 is 2.62 bits per heavy atom. The zero-order chi connectivity index (χ0) is 15.4. The number of rotatable bonds is 4. The highest BCUT2D eigenvalue weighted by atomic mass is 35.5. The standard InChI is InChI=1S/C15H15Cl2N3O/c1-3-18-14-5-4-10(8-19-14)15(21)20-13-7-11(16)9(2)6-12(13)17/h4-8H,3H2,1-2H3,(H,18,19)(H,20,21). The van der Waals surface area contributed by atoms with E-state index in [9.17, 15) is 4.79 Å². The maximum Gasteiger partial charge on any atom is 0.257 e. The van der Waals surface area contributed by atoms with Crippen molar-refractivity contribution in [3.05, 3.63) is 51.6 Å². The molecule has 0 aliphatic carbocycles. The van der Waals surface area contributed by atoms with E-state index in [0.717, 1.165) is 17.9 Å². The first-order chi connectivity index (χ1) is 10.0. The number of halogens is 2. The van der Waals surface area contributed by atoms with Crippen LogP contribution in [0.4, 0.5) is 11.5 Å². The van der Waals surface area contributed by atoms with Crippen molar-refractivity contribution in [3.63, 3.8) is 0 Å². The van der Waals surface area contributed by atoms with Gasteiger partial charge in [0.25, 0.3) is 5.91 Å². The minimum absolute atomic E-state index is 0.285. The second-order valence-electron chi connectivity index (χ2n) is 4.50. The lowest BCUT2D eigenvalue weighted by Gasteiger charge is -2.09. The fourth-order valence-electron chi connectivity index (χ4n) is 1.75. The highest BCUT2D eigenvalue weighted by Crippen LogP contribution is 2.29. The van der Waals surface area contributed by atoms with E-state index in [1.807, 2.05) is 13.8 Å². The number of carbonyl (C=O) groups is 1. The quantitative estimate of drug-likeness (QED) is 0.877. The Morgan fingerprint density at radius 2 is 2.00 bits per heavy atom. The molecule has 0 aliphatic rings. The molecule has 0 fully saturated rings. The molecule has 4 nitrogen and oxygen atoms in total. The van der Waals surface area contributed by atoms with Crippen molar-refractivity contribution in [1.29, 1.82) is 0 Å². The third-order valence-electron chi connectivity index (χ3n) is 2.88. The van der Waals surface area contributed by atoms with Crippen LogP contribution in [0.1, 0.15) is 22.8 Å². The molecule has 110 valence electrons. The van der Waals surface area contributed by atoms with Gasteiger partial charge in [0.2, 0.25) is 0 Å². The second kappa shape index (κ2) is 6.78. The van der Waals surface area contributed by atoms with Crippen LogP contribution in [0, 0.1) is 6.92 Å². The van der Waals surface area contributed by atoms with Gasteiger partial charge in [0.15, 0.2) is 0 Å². The maximum atomic E-state index is 12.2. The van der Waals surface area contributed by atoms with E-state index in [1.165, 1.54) is 6.20 Å². The van der Waals surface area contributed by atoms with Gasteiger partial charge in [0, 0.05) is 17.8 Å². The van der Waals surface area contributed by atoms with Crippen molar-refractivity contribution in [2.45, 2.75) is 13.8 Å². The lowest BCUT2D eigenvalue weighted by atomic mass is 10.2. The highest BCUT2D eigenvalue weighted by Gasteiger charge is 2.11. The van der Waals surface area contributed by atoms with Crippen LogP contribution in [0.15, 0.2) is 30.5 Å². The average Bonchev–Trinajstić information content (AvgIpc) is 2.46. The second-order valence-corrected chi connectivity index (χ2v) is 5.31. The normalized spacial score (nSPS) is 10.3. The van der Waals surface area contributed by atoms with Gasteiger partial charge in [0.05, 0.1) is 16.3 Å². The molecule has 1 aromatic heterocycles. The molecule has 0 spiro atoms. The van der Waals surface area contributed by atoms with Crippen molar-refractivity contribution in [1.82, 2.24) is 4.98 Å². The Morgan fingerprint density at radius 1 is 1.24 bits per heavy atom. The molecule has 0 bridgehead atoms. The molecule has 21 heavy (non-hydrogen) atoms. The molecule has 0 radical (unpaired) electrons. The molecule has 1 heterocycles. The molecule has 2 N–H and O–H groups in total. The Hall–Kier alpha value is -1.78. The first-order valence-electron chi connectivity index (χ1n) is 6.48. The lowest BCUT2D eigenvalue weighted by molar-refractivity contribution is 0.102. The molecule has 1 aromatic carbocycles. The molecule has 2 rings (SSSR count). The number of pyridine rings is 1. The summed E-state index contributed by atoms with van der Waals surface area (Å²) in [6.07, 6.45) is 1.51. The molecule has 0 unspecified atom stereocenters. The summed E-state index contributed by atoms with van der Waals surface area (Å²) in [6.45, 7) is 4.60. The highest BCUT2D eigenvalue weighted by molar-refractivity contribution is 6.36. The molecule has 2 aromatic rings. The molecular formula is C15H15Cl2N3O. The molecular weight excluding hydrogens is 309 g/mol. The minimum Gasteiger partial charge on any atom is -0.370 e. The van der Waals surface area contributed by atoms with E-state index in [-0.39, 0.29) is 5.91 Å². The van der Waals surface area contributed by atoms with E-state index < -0.39 is 0 Å². The van der Waals surface area contributed by atoms with Crippen LogP contribution in [0.2, 0.25) is 10.0 Å². The van der Waals surface area contributed by atoms with Crippen LogP contribution in [-0.4, -0.2) is 17.4 Å². The van der Waals surface area contributed by atoms with Gasteiger partial charge in [0.1, 0.15) is 5.82 Å². The number of aromatic nitrogens is 1. The number of nitrogens with zero attached hydrogens (tertiary/aromatic N) is 1. The smallest absolute Gasteiger partial charge is 0.257 e. The van der Waals surface area contributed by atoms with Crippen molar-refractivity contribution >= 4 is 40.6 Å². The van der Waals surface area contributed by atoms with E-state index in [1.54, 1.807) is 24.3 Å². The summed E-state index contributed by atoms with van der Waals surface area (Å²) in [6, 6.07) is 6.80. The molecule has 1 amide bonds. The molecule has 0 saturated carbocycles. The monoisotopic (exact) mass is 323 g/mol. The topological polar surface area (TPSA) is 54.0 Å². The van der Waals surface area contributed by atoms with E-state index >= 15 is 0 Å². The lowest BCUT2D eigenvalue weighted by Crippen LogP contribution is -2.13. The van der Waals surface area contributed by atoms with Crippen LogP contribution < -0.4 is 10.6 Å². The average molecular weight is 324 g/mol. The third kappa shape index (κ3) is 3.86. The van der Waals surface area contributed by atoms with E-state index in [4.69, 9.17) is 23.2 Å². The SMILES string of the molecule is CCNc1ccc(C(=O)Nc2cc(Cl)c(C)cc2Cl)cn1. The first kappa shape index (κ1) is 15.6. The van der Waals surface area contributed by atoms with Gasteiger partial charge < -0.3 is 10.6 Å². The minimum atomic E-state index is -0.285. The van der Waals surface area contributed by atoms with E-state index in [0.29, 0.717) is 21.3 Å². The number of amides is 1. The molecule has 0 aliphatic heterocycles. The Balaban J connectivity index is 2.16. The summed E-state index contributed by atoms with van der Waals surface area (Å²) in [5, 5.41) is 6.79.